The average Bonchev–Trinajstić information content (AvgIpc) is 3.45. The monoisotopic (exact) mass is 1110 g/mol. The number of ether oxygens (including phenoxy) is 4. The summed E-state index contributed by atoms with van der Waals surface area (Å²) in [6.07, 6.45) is 7.21. The molecule has 0 aliphatic carbocycles. The van der Waals surface area contributed by atoms with E-state index in [-0.39, 0.29) is 34.1 Å². The van der Waals surface area contributed by atoms with Crippen molar-refractivity contribution >= 4 is 67.5 Å². The van der Waals surface area contributed by atoms with Gasteiger partial charge in [-0.3, -0.25) is 19.9 Å². The Morgan fingerprint density at radius 2 is 0.500 bits per heavy atom. The summed E-state index contributed by atoms with van der Waals surface area (Å²) in [6, 6.07) is 59.2. The molecular weight excluding hydrogens is 1060 g/mol. The van der Waals surface area contributed by atoms with Gasteiger partial charge >= 0.3 is 34.1 Å². The van der Waals surface area contributed by atoms with Gasteiger partial charge in [0.2, 0.25) is 0 Å². The van der Waals surface area contributed by atoms with Crippen LogP contribution in [0.15, 0.2) is 219 Å². The van der Waals surface area contributed by atoms with E-state index in [1.807, 2.05) is 48.5 Å². The SMILES string of the molecule is CO.O=C([O-])COc1ccccc1.O=C([O-])COc1ccccc1.O=C([O-])COc1ccccc1.O=C([O-])COc1ccccc1.[Mn+2].[Mn+2].c1cnc2c(c1)ccc1cccnc12.c1cnc2c(c1)ccc1cccnc12. The number of hydrogen-bond donors (Lipinski definition) is 1. The van der Waals surface area contributed by atoms with Gasteiger partial charge in [0.1, 0.15) is 49.4 Å². The van der Waals surface area contributed by atoms with E-state index in [1.165, 1.54) is 0 Å². The fourth-order valence-electron chi connectivity index (χ4n) is 6.00. The summed E-state index contributed by atoms with van der Waals surface area (Å²) in [5.41, 5.74) is 3.91. The van der Waals surface area contributed by atoms with Gasteiger partial charge in [-0.05, 0) is 72.8 Å². The fraction of sp³-hybridized carbons (Fsp3) is 0.0877. The van der Waals surface area contributed by atoms with Gasteiger partial charge in [-0.1, -0.05) is 121 Å². The third-order valence-corrected chi connectivity index (χ3v) is 9.09. The summed E-state index contributed by atoms with van der Waals surface area (Å²) < 4.78 is 19.2. The number of carbonyl (C=O) groups excluding carboxylic acids is 4. The summed E-state index contributed by atoms with van der Waals surface area (Å²) in [5, 5.41) is 51.3. The maximum absolute atomic E-state index is 9.94. The quantitative estimate of drug-likeness (QED) is 0.131. The van der Waals surface area contributed by atoms with Gasteiger partial charge < -0.3 is 63.7 Å². The Kier molecular flexibility index (Phi) is 30.6. The molecule has 4 aromatic heterocycles. The number of nitrogens with zero attached hydrogens (tertiary/aromatic N) is 4. The standard InChI is InChI=1S/2C12H8N2.4C8H8O3.CH4O.2Mn/c2*1-3-9-5-6-10-4-2-8-14-12(10)11(9)13-7-1;4*9-8(10)6-11-7-4-2-1-3-5-7;1-2;;/h2*1-8H;4*1-5H,6H2,(H,9,10);2H,1H3;;/q;;;;;;;2*+2/p-4. The first-order chi connectivity index (χ1) is 36.0. The molecule has 0 fully saturated rings. The Morgan fingerprint density at radius 3 is 0.671 bits per heavy atom. The second-order valence-corrected chi connectivity index (χ2v) is 14.3. The minimum absolute atomic E-state index is 0. The second kappa shape index (κ2) is 36.9. The maximum Gasteiger partial charge on any atom is 2.00 e. The maximum atomic E-state index is 9.94. The predicted molar refractivity (Wildman–Crippen MR) is 270 cm³/mol. The van der Waals surface area contributed by atoms with Crippen LogP contribution in [0.25, 0.3) is 43.6 Å². The van der Waals surface area contributed by atoms with Crippen LogP contribution in [0, 0.1) is 0 Å². The summed E-state index contributed by atoms with van der Waals surface area (Å²) in [6.45, 7) is -1.60. The zero-order valence-electron chi connectivity index (χ0n) is 40.5. The molecule has 388 valence electrons. The molecule has 1 N–H and O–H groups in total. The first-order valence-electron chi connectivity index (χ1n) is 22.2. The van der Waals surface area contributed by atoms with Crippen molar-refractivity contribution in [1.82, 2.24) is 19.9 Å². The van der Waals surface area contributed by atoms with Crippen molar-refractivity contribution in [2.24, 2.45) is 0 Å². The third-order valence-electron chi connectivity index (χ3n) is 9.09. The van der Waals surface area contributed by atoms with E-state index < -0.39 is 50.3 Å². The topological polar surface area (TPSA) is 269 Å². The van der Waals surface area contributed by atoms with Crippen LogP contribution in [0.2, 0.25) is 0 Å². The number of pyridine rings is 4. The largest absolute Gasteiger partial charge is 2.00 e. The molecule has 0 saturated carbocycles. The molecule has 76 heavy (non-hydrogen) atoms. The summed E-state index contributed by atoms with van der Waals surface area (Å²) >= 11 is 0. The van der Waals surface area contributed by atoms with Crippen molar-refractivity contribution in [3.63, 3.8) is 0 Å². The Hall–Kier alpha value is -8.96. The van der Waals surface area contributed by atoms with Crippen LogP contribution in [0.1, 0.15) is 0 Å². The van der Waals surface area contributed by atoms with Gasteiger partial charge in [-0.2, -0.15) is 0 Å². The summed E-state index contributed by atoms with van der Waals surface area (Å²) in [5.74, 6) is -2.70. The van der Waals surface area contributed by atoms with Gasteiger partial charge in [0.25, 0.3) is 0 Å². The van der Waals surface area contributed by atoms with Crippen LogP contribution >= 0.6 is 0 Å². The number of benzene rings is 6. The smallest absolute Gasteiger partial charge is 0.546 e. The number of aliphatic hydroxyl groups excluding tert-OH is 1. The Morgan fingerprint density at radius 1 is 0.316 bits per heavy atom. The van der Waals surface area contributed by atoms with Crippen LogP contribution in [0.5, 0.6) is 23.0 Å². The van der Waals surface area contributed by atoms with Gasteiger partial charge in [-0.15, -0.1) is 0 Å². The Labute approximate surface area is 458 Å². The number of rotatable bonds is 12. The predicted octanol–water partition coefficient (Wildman–Crippen LogP) is 4.43. The number of carboxylic acid groups (broad SMARTS) is 4. The average molecular weight is 1110 g/mol. The van der Waals surface area contributed by atoms with E-state index in [1.54, 1.807) is 122 Å². The number of hydrogen-bond acceptors (Lipinski definition) is 17. The normalized spacial score (nSPS) is 9.34. The van der Waals surface area contributed by atoms with E-state index in [9.17, 15) is 39.6 Å². The van der Waals surface area contributed by atoms with Crippen LogP contribution < -0.4 is 39.4 Å². The van der Waals surface area contributed by atoms with Crippen LogP contribution in [-0.4, -0.2) is 82.5 Å². The van der Waals surface area contributed by atoms with Gasteiger partial charge in [0.05, 0.1) is 45.9 Å². The number of aromatic nitrogens is 4. The van der Waals surface area contributed by atoms with Crippen molar-refractivity contribution in [1.29, 1.82) is 0 Å². The van der Waals surface area contributed by atoms with E-state index in [0.29, 0.717) is 23.0 Å². The van der Waals surface area contributed by atoms with Gasteiger partial charge in [-0.25, -0.2) is 0 Å². The molecule has 0 bridgehead atoms. The van der Waals surface area contributed by atoms with Crippen LogP contribution in [0.3, 0.4) is 0 Å². The molecule has 0 unspecified atom stereocenters. The molecule has 19 heteroatoms. The fourth-order valence-corrected chi connectivity index (χ4v) is 6.00. The molecule has 0 atom stereocenters. The Balaban J connectivity index is 0.000000310. The number of carbonyl (C=O) groups is 4. The van der Waals surface area contributed by atoms with E-state index in [4.69, 9.17) is 24.1 Å². The molecule has 2 radical (unpaired) electrons. The third kappa shape index (κ3) is 24.2. The first-order valence-corrected chi connectivity index (χ1v) is 22.2. The molecule has 4 heterocycles. The summed E-state index contributed by atoms with van der Waals surface area (Å²) in [7, 11) is 1.00. The molecule has 10 aromatic rings. The van der Waals surface area contributed by atoms with E-state index >= 15 is 0 Å². The number of fused-ring (bicyclic) bond motifs is 6. The molecule has 0 aliphatic rings. The van der Waals surface area contributed by atoms with Crippen LogP contribution in [-0.2, 0) is 53.3 Å². The number of aliphatic carboxylic acids is 4. The summed E-state index contributed by atoms with van der Waals surface area (Å²) in [4.78, 5) is 57.1. The minimum Gasteiger partial charge on any atom is -0.546 e. The minimum atomic E-state index is -1.21. The van der Waals surface area contributed by atoms with Crippen LogP contribution in [0.4, 0.5) is 0 Å². The van der Waals surface area contributed by atoms with E-state index in [0.717, 1.165) is 50.7 Å². The molecule has 17 nitrogen and oxygen atoms in total. The molecule has 0 aliphatic heterocycles. The van der Waals surface area contributed by atoms with Crippen molar-refractivity contribution in [2.45, 2.75) is 0 Å². The molecule has 6 aromatic carbocycles. The Bertz CT molecular complexity index is 2810. The molecule has 0 spiro atoms. The van der Waals surface area contributed by atoms with Crippen molar-refractivity contribution < 1.29 is 97.8 Å². The first kappa shape index (κ1) is 63.2. The van der Waals surface area contributed by atoms with Gasteiger partial charge in [0, 0.05) is 53.4 Å². The molecule has 0 saturated heterocycles. The zero-order chi connectivity index (χ0) is 53.2. The number of para-hydroxylation sites is 4. The molecule has 0 amide bonds. The second-order valence-electron chi connectivity index (χ2n) is 14.3. The zero-order valence-corrected chi connectivity index (χ0v) is 42.9. The van der Waals surface area contributed by atoms with Crippen molar-refractivity contribution in [3.05, 3.63) is 219 Å². The van der Waals surface area contributed by atoms with Crippen molar-refractivity contribution in [3.8, 4) is 23.0 Å². The van der Waals surface area contributed by atoms with Gasteiger partial charge in [0.15, 0.2) is 0 Å². The number of aliphatic hydroxyl groups is 1. The number of carboxylic acids is 4. The van der Waals surface area contributed by atoms with Crippen molar-refractivity contribution in [2.75, 3.05) is 33.5 Å². The molecule has 10 rings (SSSR count). The molecular formula is C57H48Mn2N4O13. The van der Waals surface area contributed by atoms with E-state index in [2.05, 4.69) is 68.5 Å².